The number of hydrogen-bond donors (Lipinski definition) is 0. The van der Waals surface area contributed by atoms with Gasteiger partial charge in [0.1, 0.15) is 6.07 Å². The molecule has 0 amide bonds. The van der Waals surface area contributed by atoms with Crippen molar-refractivity contribution < 1.29 is 0 Å². The number of nitrogens with zero attached hydrogens (tertiary/aromatic N) is 4. The lowest BCUT2D eigenvalue weighted by Crippen LogP contribution is -2.09. The van der Waals surface area contributed by atoms with Crippen LogP contribution in [-0.2, 0) is 0 Å². The lowest BCUT2D eigenvalue weighted by molar-refractivity contribution is 1.14. The fourth-order valence-electron chi connectivity index (χ4n) is 10.9. The number of thiophene rings is 2. The fourth-order valence-corrected chi connectivity index (χ4v) is 13.4. The summed E-state index contributed by atoms with van der Waals surface area (Å²) in [5.41, 5.74) is 11.7. The summed E-state index contributed by atoms with van der Waals surface area (Å²) < 4.78 is 9.48. The molecule has 0 bridgehead atoms. The summed E-state index contributed by atoms with van der Waals surface area (Å²) in [5.74, 6) is 0. The van der Waals surface area contributed by atoms with Crippen molar-refractivity contribution in [2.45, 2.75) is 0 Å². The average Bonchev–Trinajstić information content (AvgIpc) is 4.16. The number of para-hydroxylation sites is 1. The number of rotatable bonds is 5. The summed E-state index contributed by atoms with van der Waals surface area (Å²) in [7, 11) is 0. The molecule has 6 heteroatoms. The Balaban J connectivity index is 1.29. The smallest absolute Gasteiger partial charge is 0.220 e. The molecule has 14 rings (SSSR count). The maximum atomic E-state index is 12.0. The summed E-state index contributed by atoms with van der Waals surface area (Å²) in [5, 5.41) is 21.1. The van der Waals surface area contributed by atoms with Crippen LogP contribution in [0.2, 0.25) is 0 Å². The first-order valence-corrected chi connectivity index (χ1v) is 24.2. The Kier molecular flexibility index (Phi) is 8.42. The Hall–Kier alpha value is -8.78. The lowest BCUT2D eigenvalue weighted by atomic mass is 9.88. The van der Waals surface area contributed by atoms with Crippen molar-refractivity contribution in [3.05, 3.63) is 223 Å². The minimum absolute atomic E-state index is 0.427. The normalized spacial score (nSPS) is 11.8. The standard InChI is InChI=1S/C62H34N4S2/c1-64-56-54(38-19-7-3-8-20-38)49(36-63)57(65-50-26-14-11-23-41(50)42-30-29-40(35-51(42)65)37-17-5-2-6-18-37)55(39-21-9-4-10-22-39)60(56)66-58-45(31-33-47-43-24-12-15-27-52(43)67-61(47)58)46-32-34-48-44-25-13-16-28-53(44)68-62(48)59(46)66/h2-35H. The highest BCUT2D eigenvalue weighted by Gasteiger charge is 2.33. The first kappa shape index (κ1) is 38.5. The highest BCUT2D eigenvalue weighted by molar-refractivity contribution is 7.27. The van der Waals surface area contributed by atoms with Crippen LogP contribution in [0, 0.1) is 17.9 Å². The topological polar surface area (TPSA) is 38.0 Å². The van der Waals surface area contributed by atoms with Gasteiger partial charge in [-0.2, -0.15) is 5.26 Å². The Morgan fingerprint density at radius 2 is 0.868 bits per heavy atom. The molecule has 68 heavy (non-hydrogen) atoms. The Morgan fingerprint density at radius 1 is 0.397 bits per heavy atom. The molecule has 0 aliphatic rings. The second-order valence-electron chi connectivity index (χ2n) is 17.3. The molecule has 0 fully saturated rings. The molecule has 0 saturated carbocycles. The molecule has 4 aromatic heterocycles. The van der Waals surface area contributed by atoms with Crippen LogP contribution in [-0.4, -0.2) is 9.13 Å². The zero-order valence-electron chi connectivity index (χ0n) is 36.2. The van der Waals surface area contributed by atoms with Crippen LogP contribution >= 0.6 is 22.7 Å². The SMILES string of the molecule is [C-]#[N+]c1c(-c2ccccc2)c(C#N)c(-n2c3ccccc3c3ccc(-c4ccccc4)cc32)c(-c2ccccc2)c1-n1c2c(ccc3c4ccccc4sc32)c2ccc3c4ccccc4sc3c21. The van der Waals surface area contributed by atoms with E-state index in [2.05, 4.69) is 184 Å². The average molecular weight is 899 g/mol. The van der Waals surface area contributed by atoms with Gasteiger partial charge in [0.2, 0.25) is 5.69 Å². The molecule has 0 N–H and O–H groups in total. The van der Waals surface area contributed by atoms with Crippen LogP contribution in [0.1, 0.15) is 5.56 Å². The van der Waals surface area contributed by atoms with Crippen molar-refractivity contribution in [1.29, 1.82) is 5.26 Å². The van der Waals surface area contributed by atoms with Gasteiger partial charge in [-0.1, -0.05) is 182 Å². The number of benzene rings is 10. The maximum absolute atomic E-state index is 12.0. The molecule has 0 spiro atoms. The fraction of sp³-hybridized carbons (Fsp3) is 0. The molecule has 314 valence electrons. The molecular weight excluding hydrogens is 865 g/mol. The first-order valence-electron chi connectivity index (χ1n) is 22.6. The van der Waals surface area contributed by atoms with Crippen molar-refractivity contribution in [1.82, 2.24) is 9.13 Å². The summed E-state index contributed by atoms with van der Waals surface area (Å²) in [6.07, 6.45) is 0. The third-order valence-electron chi connectivity index (χ3n) is 13.8. The highest BCUT2D eigenvalue weighted by Crippen LogP contribution is 2.55. The van der Waals surface area contributed by atoms with Gasteiger partial charge >= 0.3 is 0 Å². The number of hydrogen-bond acceptors (Lipinski definition) is 3. The van der Waals surface area contributed by atoms with Gasteiger partial charge in [-0.3, -0.25) is 0 Å². The van der Waals surface area contributed by atoms with E-state index in [1.165, 1.54) is 30.9 Å². The molecule has 0 saturated heterocycles. The second-order valence-corrected chi connectivity index (χ2v) is 19.4. The molecule has 0 aliphatic heterocycles. The van der Waals surface area contributed by atoms with Crippen LogP contribution in [0.4, 0.5) is 5.69 Å². The number of aromatic nitrogens is 2. The summed E-state index contributed by atoms with van der Waals surface area (Å²) in [6, 6.07) is 75.5. The molecule has 0 unspecified atom stereocenters. The van der Waals surface area contributed by atoms with Gasteiger partial charge in [-0.05, 0) is 46.5 Å². The lowest BCUT2D eigenvalue weighted by Gasteiger charge is -2.26. The molecule has 0 aliphatic carbocycles. The van der Waals surface area contributed by atoms with E-state index in [-0.39, 0.29) is 0 Å². The molecule has 4 nitrogen and oxygen atoms in total. The van der Waals surface area contributed by atoms with Gasteiger partial charge in [0.15, 0.2) is 0 Å². The second kappa shape index (κ2) is 14.9. The van der Waals surface area contributed by atoms with Crippen LogP contribution < -0.4 is 0 Å². The summed E-state index contributed by atoms with van der Waals surface area (Å²) in [6.45, 7) is 9.46. The molecule has 0 atom stereocenters. The van der Waals surface area contributed by atoms with E-state index in [9.17, 15) is 11.8 Å². The van der Waals surface area contributed by atoms with Crippen LogP contribution in [0.5, 0.6) is 0 Å². The molecular formula is C62H34N4S2. The van der Waals surface area contributed by atoms with Crippen molar-refractivity contribution in [3.8, 4) is 50.8 Å². The predicted octanol–water partition coefficient (Wildman–Crippen LogP) is 18.0. The van der Waals surface area contributed by atoms with E-state index in [0.717, 1.165) is 92.2 Å². The van der Waals surface area contributed by atoms with Gasteiger partial charge in [0.05, 0.1) is 55.0 Å². The molecule has 10 aromatic carbocycles. The van der Waals surface area contributed by atoms with E-state index in [1.807, 2.05) is 42.5 Å². The Morgan fingerprint density at radius 3 is 1.44 bits per heavy atom. The van der Waals surface area contributed by atoms with Gasteiger partial charge in [0, 0.05) is 63.6 Å². The van der Waals surface area contributed by atoms with Crippen LogP contribution in [0.15, 0.2) is 206 Å². The monoisotopic (exact) mass is 898 g/mol. The quantitative estimate of drug-likeness (QED) is 0.159. The zero-order chi connectivity index (χ0) is 45.0. The predicted molar refractivity (Wildman–Crippen MR) is 288 cm³/mol. The minimum Gasteiger partial charge on any atom is -0.316 e. The van der Waals surface area contributed by atoms with Gasteiger partial charge in [0.25, 0.3) is 0 Å². The summed E-state index contributed by atoms with van der Waals surface area (Å²) >= 11 is 3.60. The van der Waals surface area contributed by atoms with E-state index in [1.54, 1.807) is 22.7 Å². The number of fused-ring (bicyclic) bond motifs is 14. The third kappa shape index (κ3) is 5.39. The minimum atomic E-state index is 0.427. The molecule has 14 aromatic rings. The van der Waals surface area contributed by atoms with Crippen molar-refractivity contribution in [2.75, 3.05) is 0 Å². The van der Waals surface area contributed by atoms with E-state index in [0.29, 0.717) is 16.8 Å². The molecule has 4 heterocycles. The van der Waals surface area contributed by atoms with Crippen molar-refractivity contribution in [3.63, 3.8) is 0 Å². The van der Waals surface area contributed by atoms with Crippen molar-refractivity contribution in [2.24, 2.45) is 0 Å². The summed E-state index contributed by atoms with van der Waals surface area (Å²) in [4.78, 5) is 4.63. The zero-order valence-corrected chi connectivity index (χ0v) is 37.9. The van der Waals surface area contributed by atoms with E-state index in [4.69, 9.17) is 0 Å². The first-order chi connectivity index (χ1) is 33.7. The third-order valence-corrected chi connectivity index (χ3v) is 16.2. The number of nitriles is 1. The molecule has 0 radical (unpaired) electrons. The highest BCUT2D eigenvalue weighted by atomic mass is 32.1. The Bertz CT molecular complexity index is 4370. The Labute approximate surface area is 398 Å². The van der Waals surface area contributed by atoms with Crippen LogP contribution in [0.25, 0.3) is 134 Å². The van der Waals surface area contributed by atoms with E-state index < -0.39 is 0 Å². The van der Waals surface area contributed by atoms with E-state index >= 15 is 0 Å². The van der Waals surface area contributed by atoms with Crippen molar-refractivity contribution >= 4 is 112 Å². The van der Waals surface area contributed by atoms with Crippen LogP contribution in [0.3, 0.4) is 0 Å². The van der Waals surface area contributed by atoms with Gasteiger partial charge < -0.3 is 9.13 Å². The largest absolute Gasteiger partial charge is 0.316 e. The van der Waals surface area contributed by atoms with Gasteiger partial charge in [-0.15, -0.1) is 22.7 Å². The van der Waals surface area contributed by atoms with Gasteiger partial charge in [-0.25, -0.2) is 4.85 Å². The maximum Gasteiger partial charge on any atom is 0.220 e.